The van der Waals surface area contributed by atoms with Gasteiger partial charge in [-0.3, -0.25) is 10.4 Å². The molecule has 9 heteroatoms. The molecule has 1 aromatic carbocycles. The fourth-order valence-electron chi connectivity index (χ4n) is 1.67. The lowest BCUT2D eigenvalue weighted by molar-refractivity contribution is -0.134. The van der Waals surface area contributed by atoms with Crippen molar-refractivity contribution in [1.82, 2.24) is 5.01 Å². The van der Waals surface area contributed by atoms with Crippen LogP contribution in [0.3, 0.4) is 0 Å². The standard InChI is InChI=1S/C12H13F4N3OS/c1-2-18-19(7-17)6-11(20,12(15,16)21)9-4-3-8(13)5-10(9)14/h2-5,7,17,20-21H,6H2,1H3/b17-7?,18-2-. The molecule has 0 spiro atoms. The third-order valence-corrected chi connectivity index (χ3v) is 3.05. The SMILES string of the molecule is C/C=N\N(C=N)CC(O)(c1ccc(F)cc1F)C(F)(F)S. The minimum absolute atomic E-state index is 0.373. The summed E-state index contributed by atoms with van der Waals surface area (Å²) in [6.07, 6.45) is 1.77. The van der Waals surface area contributed by atoms with Crippen molar-refractivity contribution in [2.24, 2.45) is 5.10 Å². The third kappa shape index (κ3) is 3.73. The molecule has 116 valence electrons. The van der Waals surface area contributed by atoms with Crippen LogP contribution in [-0.2, 0) is 5.60 Å². The Balaban J connectivity index is 3.36. The van der Waals surface area contributed by atoms with E-state index in [2.05, 4.69) is 17.7 Å². The lowest BCUT2D eigenvalue weighted by atomic mass is 9.93. The highest BCUT2D eigenvalue weighted by atomic mass is 32.1. The second-order valence-electron chi connectivity index (χ2n) is 4.13. The maximum atomic E-state index is 13.7. The predicted molar refractivity (Wildman–Crippen MR) is 73.8 cm³/mol. The van der Waals surface area contributed by atoms with Crippen molar-refractivity contribution in [3.63, 3.8) is 0 Å². The molecule has 1 atom stereocenters. The van der Waals surface area contributed by atoms with Crippen molar-refractivity contribution in [2.75, 3.05) is 6.54 Å². The molecule has 1 aromatic rings. The molecular weight excluding hydrogens is 310 g/mol. The zero-order chi connectivity index (χ0) is 16.3. The molecule has 21 heavy (non-hydrogen) atoms. The van der Waals surface area contributed by atoms with Crippen LogP contribution in [0.15, 0.2) is 23.3 Å². The van der Waals surface area contributed by atoms with E-state index in [9.17, 15) is 22.7 Å². The van der Waals surface area contributed by atoms with Gasteiger partial charge in [0.1, 0.15) is 18.0 Å². The van der Waals surface area contributed by atoms with Crippen molar-refractivity contribution < 1.29 is 22.7 Å². The van der Waals surface area contributed by atoms with Gasteiger partial charge in [-0.25, -0.2) is 8.78 Å². The molecular formula is C12H13F4N3OS. The largest absolute Gasteiger partial charge is 0.376 e. The van der Waals surface area contributed by atoms with Gasteiger partial charge in [-0.2, -0.15) is 13.9 Å². The van der Waals surface area contributed by atoms with Gasteiger partial charge in [0, 0.05) is 17.8 Å². The summed E-state index contributed by atoms with van der Waals surface area (Å²) in [6, 6.07) is 1.81. The average Bonchev–Trinajstić information content (AvgIpc) is 2.36. The van der Waals surface area contributed by atoms with Gasteiger partial charge in [-0.1, -0.05) is 0 Å². The smallest absolute Gasteiger partial charge is 0.325 e. The van der Waals surface area contributed by atoms with E-state index in [1.54, 1.807) is 0 Å². The lowest BCUT2D eigenvalue weighted by Gasteiger charge is -2.35. The number of alkyl halides is 2. The summed E-state index contributed by atoms with van der Waals surface area (Å²) in [6.45, 7) is 0.521. The summed E-state index contributed by atoms with van der Waals surface area (Å²) in [5, 5.41) is 17.4. The number of nitrogens with one attached hydrogen (secondary N) is 1. The molecule has 2 N–H and O–H groups in total. The van der Waals surface area contributed by atoms with Gasteiger partial charge >= 0.3 is 5.25 Å². The molecule has 0 aliphatic heterocycles. The number of aliphatic hydroxyl groups is 1. The first kappa shape index (κ1) is 17.4. The van der Waals surface area contributed by atoms with Crippen LogP contribution in [0.2, 0.25) is 0 Å². The highest BCUT2D eigenvalue weighted by molar-refractivity contribution is 7.81. The number of rotatable bonds is 6. The molecule has 0 radical (unpaired) electrons. The summed E-state index contributed by atoms with van der Waals surface area (Å²) in [5.41, 5.74) is -3.96. The molecule has 1 unspecified atom stereocenters. The first-order valence-electron chi connectivity index (χ1n) is 5.69. The van der Waals surface area contributed by atoms with Gasteiger partial charge in [0.2, 0.25) is 0 Å². The van der Waals surface area contributed by atoms with Gasteiger partial charge < -0.3 is 5.11 Å². The topological polar surface area (TPSA) is 59.7 Å². The van der Waals surface area contributed by atoms with Gasteiger partial charge in [-0.15, -0.1) is 12.6 Å². The Morgan fingerprint density at radius 3 is 2.48 bits per heavy atom. The van der Waals surface area contributed by atoms with Gasteiger partial charge in [-0.05, 0) is 19.1 Å². The summed E-state index contributed by atoms with van der Waals surface area (Å²) in [7, 11) is 0. The quantitative estimate of drug-likeness (QED) is 0.248. The molecule has 0 saturated carbocycles. The minimum Gasteiger partial charge on any atom is -0.376 e. The number of hydrogen-bond acceptors (Lipinski definition) is 4. The first-order chi connectivity index (χ1) is 9.65. The second-order valence-corrected chi connectivity index (χ2v) is 4.69. The summed E-state index contributed by atoms with van der Waals surface area (Å²) < 4.78 is 54.0. The maximum absolute atomic E-state index is 13.7. The minimum atomic E-state index is -4.06. The van der Waals surface area contributed by atoms with Crippen molar-refractivity contribution in [3.8, 4) is 0 Å². The maximum Gasteiger partial charge on any atom is 0.325 e. The normalized spacial score (nSPS) is 15.0. The molecule has 0 aliphatic rings. The predicted octanol–water partition coefficient (Wildman–Crippen LogP) is 2.59. The van der Waals surface area contributed by atoms with Crippen LogP contribution in [0.25, 0.3) is 0 Å². The zero-order valence-electron chi connectivity index (χ0n) is 10.9. The number of hydrazone groups is 1. The summed E-state index contributed by atoms with van der Waals surface area (Å²) >= 11 is 3.00. The summed E-state index contributed by atoms with van der Waals surface area (Å²) in [4.78, 5) is 0. The van der Waals surface area contributed by atoms with E-state index < -0.39 is 34.6 Å². The van der Waals surface area contributed by atoms with Gasteiger partial charge in [0.25, 0.3) is 0 Å². The highest BCUT2D eigenvalue weighted by Crippen LogP contribution is 2.42. The molecule has 1 rings (SSSR count). The fraction of sp³-hybridized carbons (Fsp3) is 0.333. The number of benzene rings is 1. The van der Waals surface area contributed by atoms with E-state index in [4.69, 9.17) is 5.41 Å². The van der Waals surface area contributed by atoms with E-state index in [1.165, 1.54) is 13.1 Å². The van der Waals surface area contributed by atoms with Gasteiger partial charge in [0.05, 0.1) is 6.54 Å². The van der Waals surface area contributed by atoms with Crippen LogP contribution in [0.4, 0.5) is 17.6 Å². The summed E-state index contributed by atoms with van der Waals surface area (Å²) in [5.74, 6) is -2.33. The lowest BCUT2D eigenvalue weighted by Crippen LogP contribution is -2.49. The van der Waals surface area contributed by atoms with E-state index in [0.717, 1.165) is 6.07 Å². The fourth-order valence-corrected chi connectivity index (χ4v) is 1.86. The number of hydrogen-bond donors (Lipinski definition) is 3. The molecule has 0 heterocycles. The molecule has 0 bridgehead atoms. The van der Waals surface area contributed by atoms with E-state index in [1.807, 2.05) is 0 Å². The number of halogens is 4. The number of thiol groups is 1. The molecule has 0 aliphatic carbocycles. The number of nitrogens with zero attached hydrogens (tertiary/aromatic N) is 2. The average molecular weight is 323 g/mol. The molecule has 0 aromatic heterocycles. The highest BCUT2D eigenvalue weighted by Gasteiger charge is 2.53. The van der Waals surface area contributed by atoms with Crippen LogP contribution < -0.4 is 0 Å². The molecule has 0 saturated heterocycles. The van der Waals surface area contributed by atoms with Crippen molar-refractivity contribution in [3.05, 3.63) is 35.4 Å². The molecule has 0 fully saturated rings. The Morgan fingerprint density at radius 1 is 1.43 bits per heavy atom. The Morgan fingerprint density at radius 2 is 2.05 bits per heavy atom. The van der Waals surface area contributed by atoms with E-state index in [0.29, 0.717) is 23.5 Å². The monoisotopic (exact) mass is 323 g/mol. The van der Waals surface area contributed by atoms with Crippen molar-refractivity contribution in [2.45, 2.75) is 17.8 Å². The van der Waals surface area contributed by atoms with E-state index >= 15 is 0 Å². The second kappa shape index (κ2) is 6.44. The Kier molecular flexibility index (Phi) is 5.35. The zero-order valence-corrected chi connectivity index (χ0v) is 11.8. The van der Waals surface area contributed by atoms with Crippen LogP contribution in [0, 0.1) is 17.0 Å². The van der Waals surface area contributed by atoms with E-state index in [-0.39, 0.29) is 0 Å². The van der Waals surface area contributed by atoms with Crippen LogP contribution in [0.1, 0.15) is 12.5 Å². The molecule has 0 amide bonds. The first-order valence-corrected chi connectivity index (χ1v) is 6.14. The Bertz CT molecular complexity index is 550. The Labute approximate surface area is 124 Å². The Hall–Kier alpha value is -1.61. The van der Waals surface area contributed by atoms with Crippen LogP contribution in [-0.4, -0.2) is 34.5 Å². The van der Waals surface area contributed by atoms with Crippen LogP contribution >= 0.6 is 12.6 Å². The van der Waals surface area contributed by atoms with Crippen LogP contribution in [0.5, 0.6) is 0 Å². The van der Waals surface area contributed by atoms with Gasteiger partial charge in [0.15, 0.2) is 5.60 Å². The van der Waals surface area contributed by atoms with Crippen molar-refractivity contribution in [1.29, 1.82) is 5.41 Å². The third-order valence-electron chi connectivity index (χ3n) is 2.68. The molecule has 4 nitrogen and oxygen atoms in total. The van der Waals surface area contributed by atoms with Crippen molar-refractivity contribution >= 4 is 25.2 Å².